The summed E-state index contributed by atoms with van der Waals surface area (Å²) in [5, 5.41) is 0.304. The highest BCUT2D eigenvalue weighted by Crippen LogP contribution is 2.14. The topological polar surface area (TPSA) is 0 Å². The Morgan fingerprint density at radius 1 is 0.895 bits per heavy atom. The lowest BCUT2D eigenvalue weighted by molar-refractivity contribution is 0.893. The summed E-state index contributed by atoms with van der Waals surface area (Å²) in [4.78, 5) is 1.09. The smallest absolute Gasteiger partial charge is 0.0103 e. The Labute approximate surface area is 126 Å². The molecule has 0 heterocycles. The zero-order chi connectivity index (χ0) is 13.5. The third-order valence-corrected chi connectivity index (χ3v) is 3.70. The Kier molecular flexibility index (Phi) is 5.62. The van der Waals surface area contributed by atoms with Gasteiger partial charge in [-0.25, -0.2) is 0 Å². The second kappa shape index (κ2) is 7.46. The first-order valence-corrected chi connectivity index (χ1v) is 7.44. The second-order valence-electron chi connectivity index (χ2n) is 4.75. The van der Waals surface area contributed by atoms with Gasteiger partial charge in [-0.2, -0.15) is 12.6 Å². The zero-order valence-corrected chi connectivity index (χ0v) is 12.5. The summed E-state index contributed by atoms with van der Waals surface area (Å²) in [5.74, 6) is 0. The van der Waals surface area contributed by atoms with E-state index in [1.54, 1.807) is 0 Å². The first kappa shape index (κ1) is 14.3. The van der Waals surface area contributed by atoms with E-state index in [2.05, 4.69) is 61.2 Å². The largest absolute Gasteiger partial charge is 0.175 e. The Balaban J connectivity index is 1.82. The van der Waals surface area contributed by atoms with Crippen LogP contribution in [0.25, 0.3) is 0 Å². The highest BCUT2D eigenvalue weighted by molar-refractivity contribution is 7.82. The quantitative estimate of drug-likeness (QED) is 0.601. The van der Waals surface area contributed by atoms with E-state index < -0.39 is 0 Å². The maximum Gasteiger partial charge on any atom is 0.0103 e. The van der Waals surface area contributed by atoms with Gasteiger partial charge in [-0.05, 0) is 28.8 Å². The van der Waals surface area contributed by atoms with Crippen LogP contribution >= 0.6 is 24.8 Å². The molecule has 1 unspecified atom stereocenters. The molecule has 0 aliphatic heterocycles. The van der Waals surface area contributed by atoms with Crippen molar-refractivity contribution in [3.8, 4) is 0 Å². The number of rotatable bonds is 6. The van der Waals surface area contributed by atoms with Crippen molar-refractivity contribution in [3.63, 3.8) is 0 Å². The minimum atomic E-state index is 0.304. The van der Waals surface area contributed by atoms with Gasteiger partial charge in [-0.3, -0.25) is 0 Å². The van der Waals surface area contributed by atoms with Crippen LogP contribution in [0.3, 0.4) is 0 Å². The van der Waals surface area contributed by atoms with E-state index in [1.807, 2.05) is 12.1 Å². The van der Waals surface area contributed by atoms with Crippen LogP contribution in [-0.4, -0.2) is 10.1 Å². The van der Waals surface area contributed by atoms with Crippen molar-refractivity contribution in [1.29, 1.82) is 0 Å². The standard InChI is InChI=1S/C17H18S2/c18-16(11-14-7-3-1-4-8-14)13-17(19)12-15-9-5-2-6-10-15/h1-10,16,18H,11-13H2. The molecule has 0 aliphatic carbocycles. The van der Waals surface area contributed by atoms with Crippen molar-refractivity contribution in [3.05, 3.63) is 71.8 Å². The molecule has 0 radical (unpaired) electrons. The number of benzene rings is 2. The van der Waals surface area contributed by atoms with E-state index >= 15 is 0 Å². The molecule has 0 amide bonds. The second-order valence-corrected chi connectivity index (χ2v) is 6.06. The summed E-state index contributed by atoms with van der Waals surface area (Å²) in [6, 6.07) is 20.8. The van der Waals surface area contributed by atoms with Crippen LogP contribution in [0, 0.1) is 0 Å². The van der Waals surface area contributed by atoms with E-state index in [0.717, 1.165) is 24.1 Å². The minimum absolute atomic E-state index is 0.304. The van der Waals surface area contributed by atoms with Gasteiger partial charge in [-0.15, -0.1) is 0 Å². The molecule has 0 aliphatic rings. The van der Waals surface area contributed by atoms with Gasteiger partial charge < -0.3 is 0 Å². The van der Waals surface area contributed by atoms with Crippen molar-refractivity contribution in [1.82, 2.24) is 0 Å². The third kappa shape index (κ3) is 5.17. The van der Waals surface area contributed by atoms with Crippen molar-refractivity contribution in [2.45, 2.75) is 24.5 Å². The Morgan fingerprint density at radius 2 is 1.42 bits per heavy atom. The number of hydrogen-bond acceptors (Lipinski definition) is 2. The van der Waals surface area contributed by atoms with Gasteiger partial charge >= 0.3 is 0 Å². The summed E-state index contributed by atoms with van der Waals surface area (Å²) >= 11 is 10.1. The third-order valence-electron chi connectivity index (χ3n) is 3.02. The molecular formula is C17H18S2. The van der Waals surface area contributed by atoms with Gasteiger partial charge in [-0.1, -0.05) is 72.9 Å². The minimum Gasteiger partial charge on any atom is -0.175 e. The molecule has 0 nitrogen and oxygen atoms in total. The predicted molar refractivity (Wildman–Crippen MR) is 90.3 cm³/mol. The average Bonchev–Trinajstić information content (AvgIpc) is 2.40. The molecule has 2 rings (SSSR count). The van der Waals surface area contributed by atoms with Gasteiger partial charge in [0.1, 0.15) is 0 Å². The van der Waals surface area contributed by atoms with Crippen LogP contribution < -0.4 is 0 Å². The van der Waals surface area contributed by atoms with Gasteiger partial charge in [0.05, 0.1) is 0 Å². The maximum absolute atomic E-state index is 5.48. The monoisotopic (exact) mass is 286 g/mol. The average molecular weight is 286 g/mol. The molecule has 2 aromatic carbocycles. The van der Waals surface area contributed by atoms with Crippen LogP contribution in [0.2, 0.25) is 0 Å². The molecule has 0 N–H and O–H groups in total. The number of thiol groups is 1. The fourth-order valence-electron chi connectivity index (χ4n) is 2.12. The lowest BCUT2D eigenvalue weighted by Crippen LogP contribution is -2.11. The Bertz CT molecular complexity index is 505. The number of thiocarbonyl (C=S) groups is 1. The lowest BCUT2D eigenvalue weighted by Gasteiger charge is -2.11. The zero-order valence-electron chi connectivity index (χ0n) is 10.8. The van der Waals surface area contributed by atoms with Crippen molar-refractivity contribution < 1.29 is 0 Å². The van der Waals surface area contributed by atoms with Gasteiger partial charge in [0.25, 0.3) is 0 Å². The Hall–Kier alpha value is -1.12. The molecule has 0 fully saturated rings. The lowest BCUT2D eigenvalue weighted by atomic mass is 10.0. The van der Waals surface area contributed by atoms with E-state index in [1.165, 1.54) is 11.1 Å². The van der Waals surface area contributed by atoms with Crippen LogP contribution in [0.5, 0.6) is 0 Å². The van der Waals surface area contributed by atoms with Crippen molar-refractivity contribution in [2.24, 2.45) is 0 Å². The number of hydrogen-bond donors (Lipinski definition) is 1. The van der Waals surface area contributed by atoms with Gasteiger partial charge in [0, 0.05) is 11.7 Å². The molecule has 0 bridgehead atoms. The summed E-state index contributed by atoms with van der Waals surface area (Å²) in [7, 11) is 0. The first-order chi connectivity index (χ1) is 9.24. The van der Waals surface area contributed by atoms with Crippen LogP contribution in [-0.2, 0) is 12.8 Å². The van der Waals surface area contributed by atoms with E-state index in [9.17, 15) is 0 Å². The molecule has 0 aromatic heterocycles. The predicted octanol–water partition coefficient (Wildman–Crippen LogP) is 4.53. The molecule has 2 aromatic rings. The summed E-state index contributed by atoms with van der Waals surface area (Å²) in [5.41, 5.74) is 2.61. The van der Waals surface area contributed by atoms with Crippen LogP contribution in [0.1, 0.15) is 17.5 Å². The molecule has 0 saturated carbocycles. The maximum atomic E-state index is 5.48. The summed E-state index contributed by atoms with van der Waals surface area (Å²) in [6.45, 7) is 0. The molecule has 1 atom stereocenters. The SMILES string of the molecule is S=C(Cc1ccccc1)CC(S)Cc1ccccc1. The van der Waals surface area contributed by atoms with E-state index in [4.69, 9.17) is 12.2 Å². The fourth-order valence-corrected chi connectivity index (χ4v) is 3.04. The van der Waals surface area contributed by atoms with Crippen molar-refractivity contribution >= 4 is 29.7 Å². The summed E-state index contributed by atoms with van der Waals surface area (Å²) < 4.78 is 0. The summed E-state index contributed by atoms with van der Waals surface area (Å²) in [6.07, 6.45) is 2.74. The first-order valence-electron chi connectivity index (χ1n) is 6.51. The van der Waals surface area contributed by atoms with Gasteiger partial charge in [0.15, 0.2) is 0 Å². The fraction of sp³-hybridized carbons (Fsp3) is 0.235. The Morgan fingerprint density at radius 3 is 2.00 bits per heavy atom. The van der Waals surface area contributed by atoms with Crippen LogP contribution in [0.15, 0.2) is 60.7 Å². The van der Waals surface area contributed by atoms with E-state index in [-0.39, 0.29) is 0 Å². The van der Waals surface area contributed by atoms with Gasteiger partial charge in [0.2, 0.25) is 0 Å². The highest BCUT2D eigenvalue weighted by Gasteiger charge is 2.08. The van der Waals surface area contributed by atoms with Crippen LogP contribution in [0.4, 0.5) is 0 Å². The molecule has 2 heteroatoms. The molecular weight excluding hydrogens is 268 g/mol. The molecule has 0 saturated heterocycles. The molecule has 98 valence electrons. The molecule has 0 spiro atoms. The van der Waals surface area contributed by atoms with Crippen molar-refractivity contribution in [2.75, 3.05) is 0 Å². The molecule has 19 heavy (non-hydrogen) atoms. The normalized spacial score (nSPS) is 12.1. The van der Waals surface area contributed by atoms with E-state index in [0.29, 0.717) is 5.25 Å². The highest BCUT2D eigenvalue weighted by atomic mass is 32.1.